The van der Waals surface area contributed by atoms with Gasteiger partial charge in [-0.25, -0.2) is 0 Å². The van der Waals surface area contributed by atoms with Crippen molar-refractivity contribution < 1.29 is 14.6 Å². The topological polar surface area (TPSA) is 38.7 Å². The second kappa shape index (κ2) is 9.96. The summed E-state index contributed by atoms with van der Waals surface area (Å²) in [4.78, 5) is 0. The van der Waals surface area contributed by atoms with Crippen molar-refractivity contribution in [1.82, 2.24) is 0 Å². The SMILES string of the molecule is CCCO[C@H](Cc1ccccc1)[C@@H](CCO)OCC. The largest absolute Gasteiger partial charge is 0.396 e. The van der Waals surface area contributed by atoms with Crippen molar-refractivity contribution in [3.63, 3.8) is 0 Å². The van der Waals surface area contributed by atoms with Gasteiger partial charge in [-0.3, -0.25) is 0 Å². The van der Waals surface area contributed by atoms with Gasteiger partial charge in [-0.15, -0.1) is 0 Å². The van der Waals surface area contributed by atoms with Crippen molar-refractivity contribution in [3.8, 4) is 0 Å². The molecular formula is C16H26O3. The third-order valence-electron chi connectivity index (χ3n) is 3.02. The van der Waals surface area contributed by atoms with Crippen LogP contribution in [0.1, 0.15) is 32.3 Å². The lowest BCUT2D eigenvalue weighted by molar-refractivity contribution is -0.0772. The standard InChI is InChI=1S/C16H26O3/c1-3-12-19-16(15(10-11-17)18-4-2)13-14-8-6-5-7-9-14/h5-9,15-17H,3-4,10-13H2,1-2H3/t15-,16-/m1/s1. The van der Waals surface area contributed by atoms with Gasteiger partial charge in [0, 0.05) is 26.2 Å². The monoisotopic (exact) mass is 266 g/mol. The highest BCUT2D eigenvalue weighted by molar-refractivity contribution is 5.15. The molecule has 2 atom stereocenters. The molecule has 0 heterocycles. The summed E-state index contributed by atoms with van der Waals surface area (Å²) in [5, 5.41) is 9.17. The van der Waals surface area contributed by atoms with E-state index < -0.39 is 0 Å². The molecule has 0 spiro atoms. The molecule has 1 N–H and O–H groups in total. The summed E-state index contributed by atoms with van der Waals surface area (Å²) in [6.07, 6.45) is 2.40. The first-order valence-corrected chi connectivity index (χ1v) is 7.19. The molecular weight excluding hydrogens is 240 g/mol. The van der Waals surface area contributed by atoms with Crippen LogP contribution in [0.2, 0.25) is 0 Å². The normalized spacial score (nSPS) is 14.3. The van der Waals surface area contributed by atoms with E-state index in [1.54, 1.807) is 0 Å². The lowest BCUT2D eigenvalue weighted by atomic mass is 10.0. The lowest BCUT2D eigenvalue weighted by Gasteiger charge is -2.27. The Hall–Kier alpha value is -0.900. The van der Waals surface area contributed by atoms with Gasteiger partial charge in [0.15, 0.2) is 0 Å². The van der Waals surface area contributed by atoms with Crippen LogP contribution >= 0.6 is 0 Å². The van der Waals surface area contributed by atoms with Crippen molar-refractivity contribution >= 4 is 0 Å². The van der Waals surface area contributed by atoms with Crippen LogP contribution in [-0.2, 0) is 15.9 Å². The Kier molecular flexibility index (Phi) is 8.47. The van der Waals surface area contributed by atoms with Gasteiger partial charge in [0.05, 0.1) is 12.2 Å². The summed E-state index contributed by atoms with van der Waals surface area (Å²) in [6, 6.07) is 10.3. The highest BCUT2D eigenvalue weighted by Crippen LogP contribution is 2.15. The predicted octanol–water partition coefficient (Wildman–Crippen LogP) is 2.81. The van der Waals surface area contributed by atoms with Crippen LogP contribution in [0.25, 0.3) is 0 Å². The average Bonchev–Trinajstić information content (AvgIpc) is 2.44. The van der Waals surface area contributed by atoms with Crippen LogP contribution in [0.3, 0.4) is 0 Å². The molecule has 0 amide bonds. The minimum Gasteiger partial charge on any atom is -0.396 e. The van der Waals surface area contributed by atoms with Crippen LogP contribution in [-0.4, -0.2) is 37.1 Å². The van der Waals surface area contributed by atoms with E-state index in [0.29, 0.717) is 13.0 Å². The number of hydrogen-bond donors (Lipinski definition) is 1. The lowest BCUT2D eigenvalue weighted by Crippen LogP contribution is -2.35. The minimum atomic E-state index is -0.0400. The summed E-state index contributed by atoms with van der Waals surface area (Å²) in [5.41, 5.74) is 1.24. The van der Waals surface area contributed by atoms with Gasteiger partial charge in [0.2, 0.25) is 0 Å². The molecule has 0 fully saturated rings. The molecule has 1 aromatic carbocycles. The first-order valence-electron chi connectivity index (χ1n) is 7.19. The Bertz CT molecular complexity index is 307. The molecule has 108 valence electrons. The van der Waals surface area contributed by atoms with Gasteiger partial charge < -0.3 is 14.6 Å². The molecule has 0 aliphatic rings. The zero-order valence-corrected chi connectivity index (χ0v) is 12.0. The smallest absolute Gasteiger partial charge is 0.0877 e. The van der Waals surface area contributed by atoms with E-state index in [-0.39, 0.29) is 18.8 Å². The van der Waals surface area contributed by atoms with Gasteiger partial charge in [0.25, 0.3) is 0 Å². The van der Waals surface area contributed by atoms with Crippen molar-refractivity contribution in [2.24, 2.45) is 0 Å². The van der Waals surface area contributed by atoms with Crippen LogP contribution in [0.5, 0.6) is 0 Å². The second-order valence-electron chi connectivity index (χ2n) is 4.61. The van der Waals surface area contributed by atoms with Crippen LogP contribution in [0.15, 0.2) is 30.3 Å². The van der Waals surface area contributed by atoms with Crippen molar-refractivity contribution in [1.29, 1.82) is 0 Å². The summed E-state index contributed by atoms with van der Waals surface area (Å²) >= 11 is 0. The molecule has 19 heavy (non-hydrogen) atoms. The van der Waals surface area contributed by atoms with E-state index in [9.17, 15) is 0 Å². The molecule has 3 heteroatoms. The van der Waals surface area contributed by atoms with Crippen LogP contribution < -0.4 is 0 Å². The van der Waals surface area contributed by atoms with Crippen molar-refractivity contribution in [2.45, 2.75) is 45.3 Å². The highest BCUT2D eigenvalue weighted by atomic mass is 16.5. The van der Waals surface area contributed by atoms with Crippen molar-refractivity contribution in [3.05, 3.63) is 35.9 Å². The van der Waals surface area contributed by atoms with E-state index in [4.69, 9.17) is 14.6 Å². The predicted molar refractivity (Wildman–Crippen MR) is 77.3 cm³/mol. The molecule has 0 saturated carbocycles. The summed E-state index contributed by atoms with van der Waals surface area (Å²) in [7, 11) is 0. The fourth-order valence-electron chi connectivity index (χ4n) is 2.13. The molecule has 0 saturated heterocycles. The molecule has 0 radical (unpaired) electrons. The van der Waals surface area contributed by atoms with E-state index in [2.05, 4.69) is 19.1 Å². The number of rotatable bonds is 10. The van der Waals surface area contributed by atoms with E-state index >= 15 is 0 Å². The first kappa shape index (κ1) is 16.2. The number of aliphatic hydroxyl groups excluding tert-OH is 1. The van der Waals surface area contributed by atoms with Gasteiger partial charge in [-0.05, 0) is 25.3 Å². The van der Waals surface area contributed by atoms with E-state index in [0.717, 1.165) is 19.4 Å². The van der Waals surface area contributed by atoms with Gasteiger partial charge in [-0.2, -0.15) is 0 Å². The fourth-order valence-corrected chi connectivity index (χ4v) is 2.13. The molecule has 1 aromatic rings. The van der Waals surface area contributed by atoms with E-state index in [1.807, 2.05) is 25.1 Å². The van der Waals surface area contributed by atoms with Gasteiger partial charge in [-0.1, -0.05) is 37.3 Å². The van der Waals surface area contributed by atoms with Crippen LogP contribution in [0, 0.1) is 0 Å². The van der Waals surface area contributed by atoms with Gasteiger partial charge in [0.1, 0.15) is 0 Å². The zero-order valence-electron chi connectivity index (χ0n) is 12.0. The zero-order chi connectivity index (χ0) is 13.9. The van der Waals surface area contributed by atoms with E-state index in [1.165, 1.54) is 5.56 Å². The maximum absolute atomic E-state index is 9.17. The van der Waals surface area contributed by atoms with Crippen LogP contribution in [0.4, 0.5) is 0 Å². The third-order valence-corrected chi connectivity index (χ3v) is 3.02. The maximum Gasteiger partial charge on any atom is 0.0877 e. The number of ether oxygens (including phenoxy) is 2. The molecule has 0 aromatic heterocycles. The molecule has 0 aliphatic carbocycles. The summed E-state index contributed by atoms with van der Waals surface area (Å²) in [6.45, 7) is 5.58. The second-order valence-corrected chi connectivity index (χ2v) is 4.61. The highest BCUT2D eigenvalue weighted by Gasteiger charge is 2.22. The fraction of sp³-hybridized carbons (Fsp3) is 0.625. The third kappa shape index (κ3) is 6.19. The Labute approximate surface area is 116 Å². The minimum absolute atomic E-state index is 0.00875. The maximum atomic E-state index is 9.17. The summed E-state index contributed by atoms with van der Waals surface area (Å²) < 4.78 is 11.7. The Morgan fingerprint density at radius 2 is 1.79 bits per heavy atom. The molecule has 3 nitrogen and oxygen atoms in total. The first-order chi connectivity index (χ1) is 9.31. The number of hydrogen-bond acceptors (Lipinski definition) is 3. The number of benzene rings is 1. The van der Waals surface area contributed by atoms with Crippen molar-refractivity contribution in [2.75, 3.05) is 19.8 Å². The van der Waals surface area contributed by atoms with Gasteiger partial charge >= 0.3 is 0 Å². The Morgan fingerprint density at radius 3 is 2.37 bits per heavy atom. The average molecular weight is 266 g/mol. The summed E-state index contributed by atoms with van der Waals surface area (Å²) in [5.74, 6) is 0. The Balaban J connectivity index is 2.67. The molecule has 0 unspecified atom stereocenters. The molecule has 1 rings (SSSR count). The molecule has 0 bridgehead atoms. The molecule has 0 aliphatic heterocycles. The quantitative estimate of drug-likeness (QED) is 0.707. The number of aliphatic hydroxyl groups is 1. The Morgan fingerprint density at radius 1 is 1.05 bits per heavy atom.